The molecule has 2 heterocycles. The standard InChI is InChI=1S/C16H29NO4/c1-11(2)17-10-7-12-13(18-3)14-15(19-12)21-16(20-14)8-5-4-6-9-16/h11-15,17H,4-10H2,1-3H3/t12-,13+,14-,15-/m1/s1. The van der Waals surface area contributed by atoms with Gasteiger partial charge in [0.15, 0.2) is 12.1 Å². The number of ether oxygens (including phenoxy) is 4. The molecular formula is C16H29NO4. The van der Waals surface area contributed by atoms with Gasteiger partial charge in [0.1, 0.15) is 12.2 Å². The van der Waals surface area contributed by atoms with Gasteiger partial charge in [-0.05, 0) is 25.8 Å². The van der Waals surface area contributed by atoms with Gasteiger partial charge in [-0.3, -0.25) is 0 Å². The van der Waals surface area contributed by atoms with Crippen molar-refractivity contribution in [1.29, 1.82) is 0 Å². The van der Waals surface area contributed by atoms with Crippen LogP contribution in [0.1, 0.15) is 52.4 Å². The van der Waals surface area contributed by atoms with Crippen LogP contribution in [0.5, 0.6) is 0 Å². The highest BCUT2D eigenvalue weighted by molar-refractivity contribution is 4.96. The number of nitrogens with one attached hydrogen (secondary N) is 1. The van der Waals surface area contributed by atoms with E-state index in [0.29, 0.717) is 6.04 Å². The molecule has 0 aromatic carbocycles. The van der Waals surface area contributed by atoms with Gasteiger partial charge in [-0.1, -0.05) is 20.3 Å². The molecule has 0 amide bonds. The number of hydrogen-bond donors (Lipinski definition) is 1. The van der Waals surface area contributed by atoms with Crippen LogP contribution in [0.15, 0.2) is 0 Å². The minimum absolute atomic E-state index is 0.0229. The molecule has 3 fully saturated rings. The largest absolute Gasteiger partial charge is 0.376 e. The first kappa shape index (κ1) is 15.7. The van der Waals surface area contributed by atoms with Crippen molar-refractivity contribution in [2.45, 2.75) is 88.8 Å². The molecule has 4 atom stereocenters. The molecule has 1 aliphatic carbocycles. The summed E-state index contributed by atoms with van der Waals surface area (Å²) in [5.41, 5.74) is 0. The SMILES string of the molecule is CO[C@@H]1[C@H]2OC3(CCCCC3)O[C@H]2O[C@@H]1CCNC(C)C. The summed E-state index contributed by atoms with van der Waals surface area (Å²) < 4.78 is 24.2. The average Bonchev–Trinajstić information content (AvgIpc) is 2.92. The van der Waals surface area contributed by atoms with E-state index < -0.39 is 5.79 Å². The number of methoxy groups -OCH3 is 1. The molecule has 21 heavy (non-hydrogen) atoms. The van der Waals surface area contributed by atoms with Crippen LogP contribution in [0.25, 0.3) is 0 Å². The molecule has 3 aliphatic rings. The quantitative estimate of drug-likeness (QED) is 0.843. The summed E-state index contributed by atoms with van der Waals surface area (Å²) in [7, 11) is 1.74. The average molecular weight is 299 g/mol. The van der Waals surface area contributed by atoms with E-state index in [0.717, 1.165) is 25.8 Å². The fraction of sp³-hybridized carbons (Fsp3) is 1.00. The van der Waals surface area contributed by atoms with E-state index in [4.69, 9.17) is 18.9 Å². The smallest absolute Gasteiger partial charge is 0.190 e. The third-order valence-corrected chi connectivity index (χ3v) is 4.82. The lowest BCUT2D eigenvalue weighted by Crippen LogP contribution is -2.40. The van der Waals surface area contributed by atoms with Crippen LogP contribution in [0, 0.1) is 0 Å². The van der Waals surface area contributed by atoms with Crippen molar-refractivity contribution in [3.8, 4) is 0 Å². The summed E-state index contributed by atoms with van der Waals surface area (Å²) in [5, 5.41) is 3.42. The molecule has 1 saturated carbocycles. The molecule has 0 aromatic heterocycles. The van der Waals surface area contributed by atoms with Gasteiger partial charge in [0.2, 0.25) is 0 Å². The second kappa shape index (κ2) is 6.50. The van der Waals surface area contributed by atoms with E-state index in [9.17, 15) is 0 Å². The van der Waals surface area contributed by atoms with Crippen molar-refractivity contribution in [2.75, 3.05) is 13.7 Å². The molecule has 2 saturated heterocycles. The van der Waals surface area contributed by atoms with Crippen LogP contribution in [0.3, 0.4) is 0 Å². The lowest BCUT2D eigenvalue weighted by Gasteiger charge is -2.33. The first-order valence-electron chi connectivity index (χ1n) is 8.41. The van der Waals surface area contributed by atoms with Crippen molar-refractivity contribution in [1.82, 2.24) is 5.32 Å². The van der Waals surface area contributed by atoms with Crippen LogP contribution in [-0.4, -0.2) is 50.1 Å². The number of fused-ring (bicyclic) bond motifs is 1. The first-order chi connectivity index (χ1) is 10.1. The Hall–Kier alpha value is -0.200. The highest BCUT2D eigenvalue weighted by Crippen LogP contribution is 2.45. The molecule has 3 rings (SSSR count). The molecule has 1 spiro atoms. The van der Waals surface area contributed by atoms with Gasteiger partial charge in [-0.2, -0.15) is 0 Å². The molecule has 0 aromatic rings. The first-order valence-corrected chi connectivity index (χ1v) is 8.41. The van der Waals surface area contributed by atoms with E-state index in [-0.39, 0.29) is 24.6 Å². The summed E-state index contributed by atoms with van der Waals surface area (Å²) in [6.45, 7) is 5.22. The highest BCUT2D eigenvalue weighted by Gasteiger charge is 2.57. The van der Waals surface area contributed by atoms with Crippen molar-refractivity contribution < 1.29 is 18.9 Å². The molecule has 0 radical (unpaired) electrons. The molecular weight excluding hydrogens is 270 g/mol. The predicted molar refractivity (Wildman–Crippen MR) is 79.0 cm³/mol. The molecule has 0 unspecified atom stereocenters. The molecule has 0 bridgehead atoms. The third-order valence-electron chi connectivity index (χ3n) is 4.82. The summed E-state index contributed by atoms with van der Waals surface area (Å²) in [4.78, 5) is 0. The fourth-order valence-electron chi connectivity index (χ4n) is 3.76. The molecule has 1 N–H and O–H groups in total. The van der Waals surface area contributed by atoms with E-state index in [2.05, 4.69) is 19.2 Å². The van der Waals surface area contributed by atoms with Crippen molar-refractivity contribution in [3.63, 3.8) is 0 Å². The van der Waals surface area contributed by atoms with Gasteiger partial charge in [0.25, 0.3) is 0 Å². The van der Waals surface area contributed by atoms with Gasteiger partial charge in [-0.25, -0.2) is 0 Å². The third kappa shape index (κ3) is 3.27. The van der Waals surface area contributed by atoms with E-state index in [1.807, 2.05) is 0 Å². The van der Waals surface area contributed by atoms with Gasteiger partial charge in [0, 0.05) is 26.0 Å². The van der Waals surface area contributed by atoms with Gasteiger partial charge in [-0.15, -0.1) is 0 Å². The van der Waals surface area contributed by atoms with Gasteiger partial charge < -0.3 is 24.3 Å². The Bertz CT molecular complexity index is 343. The topological polar surface area (TPSA) is 49.0 Å². The zero-order valence-electron chi connectivity index (χ0n) is 13.5. The van der Waals surface area contributed by atoms with E-state index >= 15 is 0 Å². The van der Waals surface area contributed by atoms with E-state index in [1.54, 1.807) is 7.11 Å². The van der Waals surface area contributed by atoms with Gasteiger partial charge >= 0.3 is 0 Å². The minimum Gasteiger partial charge on any atom is -0.376 e. The lowest BCUT2D eigenvalue weighted by atomic mass is 9.94. The van der Waals surface area contributed by atoms with Crippen LogP contribution in [-0.2, 0) is 18.9 Å². The lowest BCUT2D eigenvalue weighted by molar-refractivity contribution is -0.247. The Morgan fingerprint density at radius 2 is 1.95 bits per heavy atom. The zero-order valence-corrected chi connectivity index (χ0v) is 13.5. The number of hydrogen-bond acceptors (Lipinski definition) is 5. The van der Waals surface area contributed by atoms with Crippen LogP contribution >= 0.6 is 0 Å². The summed E-state index contributed by atoms with van der Waals surface area (Å²) in [6, 6.07) is 0.491. The predicted octanol–water partition coefficient (Wildman–Crippen LogP) is 2.19. The molecule has 2 aliphatic heterocycles. The molecule has 122 valence electrons. The van der Waals surface area contributed by atoms with Crippen LogP contribution in [0.2, 0.25) is 0 Å². The minimum atomic E-state index is -0.397. The second-order valence-corrected chi connectivity index (χ2v) is 6.81. The number of rotatable bonds is 5. The Balaban J connectivity index is 1.57. The Morgan fingerprint density at radius 3 is 2.62 bits per heavy atom. The normalized spacial score (nSPS) is 38.3. The maximum absolute atomic E-state index is 6.28. The summed E-state index contributed by atoms with van der Waals surface area (Å²) in [6.07, 6.45) is 6.23. The monoisotopic (exact) mass is 299 g/mol. The summed E-state index contributed by atoms with van der Waals surface area (Å²) >= 11 is 0. The Kier molecular flexibility index (Phi) is 4.86. The van der Waals surface area contributed by atoms with Gasteiger partial charge in [0.05, 0.1) is 6.10 Å². The maximum atomic E-state index is 6.28. The van der Waals surface area contributed by atoms with E-state index in [1.165, 1.54) is 19.3 Å². The Labute approximate surface area is 127 Å². The van der Waals surface area contributed by atoms with Crippen LogP contribution in [0.4, 0.5) is 0 Å². The molecule has 5 heteroatoms. The van der Waals surface area contributed by atoms with Crippen molar-refractivity contribution in [3.05, 3.63) is 0 Å². The Morgan fingerprint density at radius 1 is 1.19 bits per heavy atom. The van der Waals surface area contributed by atoms with Crippen molar-refractivity contribution in [2.24, 2.45) is 0 Å². The maximum Gasteiger partial charge on any atom is 0.190 e. The summed E-state index contributed by atoms with van der Waals surface area (Å²) in [5.74, 6) is -0.397. The second-order valence-electron chi connectivity index (χ2n) is 6.81. The molecule has 5 nitrogen and oxygen atoms in total. The van der Waals surface area contributed by atoms with Crippen LogP contribution < -0.4 is 5.32 Å². The zero-order chi connectivity index (χ0) is 14.9. The fourth-order valence-corrected chi connectivity index (χ4v) is 3.76. The van der Waals surface area contributed by atoms with Crippen molar-refractivity contribution >= 4 is 0 Å². The highest BCUT2D eigenvalue weighted by atomic mass is 16.8.